The number of carbonyl (C=O) groups is 1. The maximum Gasteiger partial charge on any atom is 0.417 e. The van der Waals surface area contributed by atoms with E-state index in [1.165, 1.54) is 6.26 Å². The van der Waals surface area contributed by atoms with Gasteiger partial charge in [0.25, 0.3) is 0 Å². The molecule has 0 aliphatic rings. The van der Waals surface area contributed by atoms with Gasteiger partial charge < -0.3 is 9.73 Å². The Balaban J connectivity index is 1.71. The summed E-state index contributed by atoms with van der Waals surface area (Å²) >= 11 is 6.78. The van der Waals surface area contributed by atoms with E-state index >= 15 is 0 Å². The zero-order valence-electron chi connectivity index (χ0n) is 12.4. The summed E-state index contributed by atoms with van der Waals surface area (Å²) in [6.07, 6.45) is -2.21. The number of pyridine rings is 1. The summed E-state index contributed by atoms with van der Waals surface area (Å²) < 4.78 is 44.9. The fraction of sp³-hybridized carbons (Fsp3) is 0.214. The molecule has 1 amide bonds. The van der Waals surface area contributed by atoms with E-state index in [1.807, 2.05) is 0 Å². The summed E-state index contributed by atoms with van der Waals surface area (Å²) in [5.41, 5.74) is -0.831. The molecule has 0 fully saturated rings. The van der Waals surface area contributed by atoms with Crippen molar-refractivity contribution in [2.45, 2.75) is 17.9 Å². The molecule has 0 radical (unpaired) electrons. The number of fused-ring (bicyclic) bond motifs is 1. The Labute approximate surface area is 148 Å². The summed E-state index contributed by atoms with van der Waals surface area (Å²) in [6, 6.07) is 4.19. The van der Waals surface area contributed by atoms with Crippen LogP contribution in [0, 0.1) is 0 Å². The van der Waals surface area contributed by atoms with Gasteiger partial charge in [-0.05, 0) is 18.2 Å². The van der Waals surface area contributed by atoms with Crippen molar-refractivity contribution in [1.82, 2.24) is 19.9 Å². The predicted octanol–water partition coefficient (Wildman–Crippen LogP) is 3.40. The average Bonchev–Trinajstić information content (AvgIpc) is 3.19. The van der Waals surface area contributed by atoms with Crippen LogP contribution in [0.4, 0.5) is 13.2 Å². The van der Waals surface area contributed by atoms with Crippen molar-refractivity contribution >= 4 is 34.9 Å². The normalized spacial score (nSPS) is 11.8. The lowest BCUT2D eigenvalue weighted by molar-refractivity contribution is -0.137. The summed E-state index contributed by atoms with van der Waals surface area (Å²) in [7, 11) is 0. The lowest BCUT2D eigenvalue weighted by Gasteiger charge is -2.08. The Morgan fingerprint density at radius 3 is 2.88 bits per heavy atom. The van der Waals surface area contributed by atoms with Crippen molar-refractivity contribution in [2.75, 3.05) is 5.75 Å². The lowest BCUT2D eigenvalue weighted by Crippen LogP contribution is -2.24. The number of rotatable bonds is 5. The van der Waals surface area contributed by atoms with Gasteiger partial charge in [-0.1, -0.05) is 23.4 Å². The molecule has 0 spiro atoms. The van der Waals surface area contributed by atoms with Crippen LogP contribution in [0.15, 0.2) is 40.2 Å². The quantitative estimate of drug-likeness (QED) is 0.676. The van der Waals surface area contributed by atoms with Crippen LogP contribution in [-0.4, -0.2) is 26.3 Å². The molecule has 0 aliphatic carbocycles. The van der Waals surface area contributed by atoms with Crippen molar-refractivity contribution in [2.24, 2.45) is 0 Å². The minimum absolute atomic E-state index is 0.0463. The minimum atomic E-state index is -4.55. The number of hydrogen-bond donors (Lipinski definition) is 1. The Hall–Kier alpha value is -2.20. The highest BCUT2D eigenvalue weighted by Gasteiger charge is 2.32. The van der Waals surface area contributed by atoms with Gasteiger partial charge in [-0.2, -0.15) is 13.2 Å². The third kappa shape index (κ3) is 4.07. The fourth-order valence-electron chi connectivity index (χ4n) is 1.97. The molecule has 25 heavy (non-hydrogen) atoms. The van der Waals surface area contributed by atoms with Gasteiger partial charge in [0.1, 0.15) is 5.76 Å². The largest absolute Gasteiger partial charge is 0.467 e. The van der Waals surface area contributed by atoms with E-state index in [-0.39, 0.29) is 34.0 Å². The summed E-state index contributed by atoms with van der Waals surface area (Å²) in [5, 5.41) is 10.1. The van der Waals surface area contributed by atoms with E-state index in [9.17, 15) is 18.0 Å². The molecule has 0 aromatic carbocycles. The zero-order valence-corrected chi connectivity index (χ0v) is 14.0. The van der Waals surface area contributed by atoms with Gasteiger partial charge in [0.05, 0.1) is 29.1 Å². The van der Waals surface area contributed by atoms with Gasteiger partial charge in [0.2, 0.25) is 5.91 Å². The van der Waals surface area contributed by atoms with E-state index in [0.717, 1.165) is 28.4 Å². The molecule has 0 unspecified atom stereocenters. The van der Waals surface area contributed by atoms with Crippen LogP contribution >= 0.6 is 23.4 Å². The number of aromatic nitrogens is 3. The van der Waals surface area contributed by atoms with E-state index < -0.39 is 11.7 Å². The molecule has 0 saturated heterocycles. The number of thioether (sulfide) groups is 1. The first-order valence-corrected chi connectivity index (χ1v) is 8.24. The maximum absolute atomic E-state index is 12.9. The molecule has 0 saturated carbocycles. The smallest absolute Gasteiger partial charge is 0.417 e. The van der Waals surface area contributed by atoms with Gasteiger partial charge in [0.15, 0.2) is 10.8 Å². The topological polar surface area (TPSA) is 72.4 Å². The predicted molar refractivity (Wildman–Crippen MR) is 84.3 cm³/mol. The van der Waals surface area contributed by atoms with Gasteiger partial charge in [-0.15, -0.1) is 10.2 Å². The van der Waals surface area contributed by atoms with Gasteiger partial charge in [-0.3, -0.25) is 9.20 Å². The number of halogens is 4. The van der Waals surface area contributed by atoms with Crippen molar-refractivity contribution in [3.8, 4) is 0 Å². The van der Waals surface area contributed by atoms with Crippen LogP contribution in [0.5, 0.6) is 0 Å². The Morgan fingerprint density at radius 2 is 2.20 bits per heavy atom. The second kappa shape index (κ2) is 6.96. The maximum atomic E-state index is 12.9. The molecule has 3 heterocycles. The van der Waals surface area contributed by atoms with E-state index in [4.69, 9.17) is 16.0 Å². The highest BCUT2D eigenvalue weighted by Crippen LogP contribution is 2.33. The Bertz CT molecular complexity index is 895. The first-order valence-electron chi connectivity index (χ1n) is 6.88. The first-order chi connectivity index (χ1) is 11.8. The number of nitrogens with one attached hydrogen (secondary N) is 1. The van der Waals surface area contributed by atoms with Crippen molar-refractivity contribution < 1.29 is 22.4 Å². The third-order valence-electron chi connectivity index (χ3n) is 3.13. The van der Waals surface area contributed by atoms with E-state index in [1.54, 1.807) is 12.1 Å². The van der Waals surface area contributed by atoms with Crippen LogP contribution in [0.1, 0.15) is 11.3 Å². The van der Waals surface area contributed by atoms with Gasteiger partial charge in [-0.25, -0.2) is 0 Å². The number of furan rings is 1. The van der Waals surface area contributed by atoms with Crippen LogP contribution < -0.4 is 5.32 Å². The van der Waals surface area contributed by atoms with Crippen LogP contribution in [0.3, 0.4) is 0 Å². The van der Waals surface area contributed by atoms with Crippen molar-refractivity contribution in [3.63, 3.8) is 0 Å². The monoisotopic (exact) mass is 390 g/mol. The molecule has 132 valence electrons. The second-order valence-electron chi connectivity index (χ2n) is 4.90. The molecule has 3 rings (SSSR count). The number of nitrogens with zero attached hydrogens (tertiary/aromatic N) is 3. The zero-order chi connectivity index (χ0) is 18.0. The molecule has 1 N–H and O–H groups in total. The SMILES string of the molecule is O=C(CSc1nnc2c(Cl)cc(C(F)(F)F)cn12)NCc1ccco1. The van der Waals surface area contributed by atoms with Crippen molar-refractivity contribution in [1.29, 1.82) is 0 Å². The van der Waals surface area contributed by atoms with E-state index in [2.05, 4.69) is 15.5 Å². The van der Waals surface area contributed by atoms with E-state index in [0.29, 0.717) is 5.76 Å². The highest BCUT2D eigenvalue weighted by atomic mass is 35.5. The number of carbonyl (C=O) groups excluding carboxylic acids is 1. The third-order valence-corrected chi connectivity index (χ3v) is 4.35. The van der Waals surface area contributed by atoms with Crippen LogP contribution in [-0.2, 0) is 17.5 Å². The molecule has 3 aromatic rings. The molecule has 0 aliphatic heterocycles. The van der Waals surface area contributed by atoms with Crippen molar-refractivity contribution in [3.05, 3.63) is 47.0 Å². The van der Waals surface area contributed by atoms with Gasteiger partial charge >= 0.3 is 6.18 Å². The molecule has 0 bridgehead atoms. The standard InChI is InChI=1S/C14H10ClF3N4O2S/c15-10-4-8(14(16,17)18)6-22-12(10)20-21-13(22)25-7-11(23)19-5-9-2-1-3-24-9/h1-4,6H,5,7H2,(H,19,23). The Morgan fingerprint density at radius 1 is 1.40 bits per heavy atom. The Kier molecular flexibility index (Phi) is 4.91. The number of hydrogen-bond acceptors (Lipinski definition) is 5. The summed E-state index contributed by atoms with van der Waals surface area (Å²) in [5.74, 6) is 0.221. The second-order valence-corrected chi connectivity index (χ2v) is 6.25. The van der Waals surface area contributed by atoms with Crippen LogP contribution in [0.25, 0.3) is 5.65 Å². The molecule has 11 heteroatoms. The summed E-state index contributed by atoms with van der Waals surface area (Å²) in [4.78, 5) is 11.8. The summed E-state index contributed by atoms with van der Waals surface area (Å²) in [6.45, 7) is 0.219. The van der Waals surface area contributed by atoms with Crippen LogP contribution in [0.2, 0.25) is 5.02 Å². The number of alkyl halides is 3. The van der Waals surface area contributed by atoms with Gasteiger partial charge in [0, 0.05) is 6.20 Å². The molecular weight excluding hydrogens is 381 g/mol. The average molecular weight is 391 g/mol. The molecule has 6 nitrogen and oxygen atoms in total. The molecule has 3 aromatic heterocycles. The molecular formula is C14H10ClF3N4O2S. The first kappa shape index (κ1) is 17.6. The number of amides is 1. The fourth-order valence-corrected chi connectivity index (χ4v) is 2.95. The molecule has 0 atom stereocenters. The lowest BCUT2D eigenvalue weighted by atomic mass is 10.3. The minimum Gasteiger partial charge on any atom is -0.467 e. The highest BCUT2D eigenvalue weighted by molar-refractivity contribution is 7.99.